The molecular weight excluding hydrogens is 322 g/mol. The van der Waals surface area contributed by atoms with Gasteiger partial charge in [0.1, 0.15) is 5.75 Å². The normalized spacial score (nSPS) is 14.2. The predicted octanol–water partition coefficient (Wildman–Crippen LogP) is 2.32. The summed E-state index contributed by atoms with van der Waals surface area (Å²) in [6.45, 7) is 2.68. The summed E-state index contributed by atoms with van der Waals surface area (Å²) in [7, 11) is 0. The molecule has 7 nitrogen and oxygen atoms in total. The number of amides is 1. The third kappa shape index (κ3) is 4.26. The number of non-ortho nitro benzene ring substituents is 1. The Balaban J connectivity index is 1.50. The van der Waals surface area contributed by atoms with Crippen LogP contribution < -0.4 is 9.64 Å². The van der Waals surface area contributed by atoms with Gasteiger partial charge in [-0.1, -0.05) is 24.3 Å². The maximum absolute atomic E-state index is 12.3. The van der Waals surface area contributed by atoms with E-state index in [-0.39, 0.29) is 18.2 Å². The van der Waals surface area contributed by atoms with Crippen molar-refractivity contribution < 1.29 is 14.5 Å². The number of rotatable bonds is 5. The lowest BCUT2D eigenvalue weighted by Crippen LogP contribution is -2.50. The van der Waals surface area contributed by atoms with Crippen LogP contribution in [0.15, 0.2) is 54.6 Å². The van der Waals surface area contributed by atoms with Crippen LogP contribution in [0, 0.1) is 10.1 Å². The van der Waals surface area contributed by atoms with Gasteiger partial charge < -0.3 is 14.5 Å². The number of nitro groups is 1. The van der Waals surface area contributed by atoms with Gasteiger partial charge in [0.2, 0.25) is 0 Å². The standard InChI is InChI=1S/C18H19N3O4/c22-18(14-25-17-8-4-7-16(13-17)21(23)24)20-11-9-19(10-12-20)15-5-2-1-3-6-15/h1-8,13H,9-12,14H2. The van der Waals surface area contributed by atoms with Gasteiger partial charge in [0.25, 0.3) is 11.6 Å². The monoisotopic (exact) mass is 341 g/mol. The number of carbonyl (C=O) groups excluding carboxylic acids is 1. The fourth-order valence-corrected chi connectivity index (χ4v) is 2.78. The number of hydrogen-bond acceptors (Lipinski definition) is 5. The first-order chi connectivity index (χ1) is 12.1. The molecule has 1 fully saturated rings. The third-order valence-corrected chi connectivity index (χ3v) is 4.14. The lowest BCUT2D eigenvalue weighted by Gasteiger charge is -2.36. The number of hydrogen-bond donors (Lipinski definition) is 0. The number of nitrogens with zero attached hydrogens (tertiary/aromatic N) is 3. The van der Waals surface area contributed by atoms with Crippen LogP contribution in [-0.2, 0) is 4.79 Å². The molecule has 7 heteroatoms. The third-order valence-electron chi connectivity index (χ3n) is 4.14. The SMILES string of the molecule is O=C(COc1cccc([N+](=O)[O-])c1)N1CCN(c2ccccc2)CC1. The van der Waals surface area contributed by atoms with Gasteiger partial charge in [-0.15, -0.1) is 0 Å². The zero-order chi connectivity index (χ0) is 17.6. The van der Waals surface area contributed by atoms with Gasteiger partial charge >= 0.3 is 0 Å². The number of piperazine rings is 1. The molecule has 0 unspecified atom stereocenters. The maximum Gasteiger partial charge on any atom is 0.273 e. The molecule has 0 radical (unpaired) electrons. The molecule has 0 aliphatic carbocycles. The lowest BCUT2D eigenvalue weighted by molar-refractivity contribution is -0.384. The van der Waals surface area contributed by atoms with E-state index in [2.05, 4.69) is 17.0 Å². The number of anilines is 1. The fraction of sp³-hybridized carbons (Fsp3) is 0.278. The summed E-state index contributed by atoms with van der Waals surface area (Å²) in [6, 6.07) is 15.9. The summed E-state index contributed by atoms with van der Waals surface area (Å²) in [5, 5.41) is 10.8. The largest absolute Gasteiger partial charge is 0.484 e. The molecule has 0 aromatic heterocycles. The van der Waals surface area contributed by atoms with E-state index in [1.807, 2.05) is 18.2 Å². The Kier molecular flexibility index (Phi) is 5.13. The van der Waals surface area contributed by atoms with Crippen molar-refractivity contribution >= 4 is 17.3 Å². The second-order valence-corrected chi connectivity index (χ2v) is 5.75. The summed E-state index contributed by atoms with van der Waals surface area (Å²) in [5.41, 5.74) is 1.10. The number of nitro benzene ring substituents is 1. The molecule has 0 spiro atoms. The molecule has 1 aliphatic rings. The topological polar surface area (TPSA) is 75.9 Å². The molecule has 0 atom stereocenters. The van der Waals surface area contributed by atoms with E-state index in [1.165, 1.54) is 18.2 Å². The van der Waals surface area contributed by atoms with Crippen LogP contribution in [0.4, 0.5) is 11.4 Å². The van der Waals surface area contributed by atoms with E-state index in [0.29, 0.717) is 18.8 Å². The van der Waals surface area contributed by atoms with Crippen LogP contribution in [0.25, 0.3) is 0 Å². The summed E-state index contributed by atoms with van der Waals surface area (Å²) < 4.78 is 5.41. The van der Waals surface area contributed by atoms with Gasteiger partial charge in [-0.25, -0.2) is 0 Å². The van der Waals surface area contributed by atoms with Gasteiger partial charge in [0.15, 0.2) is 6.61 Å². The first kappa shape index (κ1) is 16.8. The summed E-state index contributed by atoms with van der Waals surface area (Å²) in [5.74, 6) is 0.213. The van der Waals surface area contributed by atoms with E-state index in [1.54, 1.807) is 11.0 Å². The lowest BCUT2D eigenvalue weighted by atomic mass is 10.2. The molecule has 3 rings (SSSR count). The van der Waals surface area contributed by atoms with Gasteiger partial charge in [0, 0.05) is 37.9 Å². The number of para-hydroxylation sites is 1. The highest BCUT2D eigenvalue weighted by molar-refractivity contribution is 5.78. The van der Waals surface area contributed by atoms with Crippen molar-refractivity contribution in [1.29, 1.82) is 0 Å². The molecule has 130 valence electrons. The number of ether oxygens (including phenoxy) is 1. The molecule has 1 saturated heterocycles. The molecular formula is C18H19N3O4. The van der Waals surface area contributed by atoms with E-state index in [4.69, 9.17) is 4.74 Å². The second-order valence-electron chi connectivity index (χ2n) is 5.75. The zero-order valence-corrected chi connectivity index (χ0v) is 13.7. The molecule has 25 heavy (non-hydrogen) atoms. The predicted molar refractivity (Wildman–Crippen MR) is 93.8 cm³/mol. The van der Waals surface area contributed by atoms with Crippen LogP contribution in [0.1, 0.15) is 0 Å². The van der Waals surface area contributed by atoms with Crippen LogP contribution >= 0.6 is 0 Å². The van der Waals surface area contributed by atoms with Crippen LogP contribution in [0.3, 0.4) is 0 Å². The summed E-state index contributed by atoms with van der Waals surface area (Å²) in [6.07, 6.45) is 0. The average molecular weight is 341 g/mol. The highest BCUT2D eigenvalue weighted by Gasteiger charge is 2.21. The molecule has 2 aromatic rings. The van der Waals surface area contributed by atoms with Crippen LogP contribution in [0.2, 0.25) is 0 Å². The van der Waals surface area contributed by atoms with Crippen LogP contribution in [-0.4, -0.2) is 48.5 Å². The molecule has 0 saturated carbocycles. The smallest absolute Gasteiger partial charge is 0.273 e. The van der Waals surface area contributed by atoms with Crippen molar-refractivity contribution in [2.24, 2.45) is 0 Å². The number of benzene rings is 2. The van der Waals surface area contributed by atoms with Crippen molar-refractivity contribution in [3.8, 4) is 5.75 Å². The molecule has 2 aromatic carbocycles. The van der Waals surface area contributed by atoms with Gasteiger partial charge in [-0.2, -0.15) is 0 Å². The average Bonchev–Trinajstić information content (AvgIpc) is 2.67. The Hall–Kier alpha value is -3.09. The molecule has 0 bridgehead atoms. The Bertz CT molecular complexity index is 743. The Morgan fingerprint density at radius 1 is 1.04 bits per heavy atom. The van der Waals surface area contributed by atoms with E-state index in [0.717, 1.165) is 18.8 Å². The molecule has 1 aliphatic heterocycles. The molecule has 0 N–H and O–H groups in total. The highest BCUT2D eigenvalue weighted by atomic mass is 16.6. The second kappa shape index (κ2) is 7.65. The van der Waals surface area contributed by atoms with Crippen molar-refractivity contribution in [1.82, 2.24) is 4.90 Å². The summed E-state index contributed by atoms with van der Waals surface area (Å²) >= 11 is 0. The molecule has 1 amide bonds. The quantitative estimate of drug-likeness (QED) is 0.616. The Morgan fingerprint density at radius 2 is 1.76 bits per heavy atom. The molecule has 1 heterocycles. The van der Waals surface area contributed by atoms with E-state index >= 15 is 0 Å². The van der Waals surface area contributed by atoms with Crippen molar-refractivity contribution in [3.05, 3.63) is 64.7 Å². The number of carbonyl (C=O) groups is 1. The first-order valence-corrected chi connectivity index (χ1v) is 8.08. The Labute approximate surface area is 145 Å². The van der Waals surface area contributed by atoms with Gasteiger partial charge in [0.05, 0.1) is 11.0 Å². The van der Waals surface area contributed by atoms with Crippen molar-refractivity contribution in [2.75, 3.05) is 37.7 Å². The van der Waals surface area contributed by atoms with Crippen molar-refractivity contribution in [3.63, 3.8) is 0 Å². The minimum atomic E-state index is -0.489. The van der Waals surface area contributed by atoms with E-state index in [9.17, 15) is 14.9 Å². The van der Waals surface area contributed by atoms with Gasteiger partial charge in [-0.3, -0.25) is 14.9 Å². The maximum atomic E-state index is 12.3. The first-order valence-electron chi connectivity index (χ1n) is 8.08. The fourth-order valence-electron chi connectivity index (χ4n) is 2.78. The van der Waals surface area contributed by atoms with Crippen molar-refractivity contribution in [2.45, 2.75) is 0 Å². The van der Waals surface area contributed by atoms with E-state index < -0.39 is 4.92 Å². The van der Waals surface area contributed by atoms with Gasteiger partial charge in [-0.05, 0) is 18.2 Å². The zero-order valence-electron chi connectivity index (χ0n) is 13.7. The Morgan fingerprint density at radius 3 is 2.44 bits per heavy atom. The minimum Gasteiger partial charge on any atom is -0.484 e. The van der Waals surface area contributed by atoms with Crippen LogP contribution in [0.5, 0.6) is 5.75 Å². The summed E-state index contributed by atoms with van der Waals surface area (Å²) in [4.78, 5) is 26.6. The minimum absolute atomic E-state index is 0.0542. The highest BCUT2D eigenvalue weighted by Crippen LogP contribution is 2.19.